The molecular weight excluding hydrogens is 428 g/mol. The summed E-state index contributed by atoms with van der Waals surface area (Å²) < 4.78 is 22.7. The molecule has 33 heavy (non-hydrogen) atoms. The summed E-state index contributed by atoms with van der Waals surface area (Å²) >= 11 is 0. The fourth-order valence-electron chi connectivity index (χ4n) is 7.58. The Morgan fingerprint density at radius 1 is 1.06 bits per heavy atom. The van der Waals surface area contributed by atoms with E-state index < -0.39 is 52.4 Å². The number of carbonyl (C=O) groups is 3. The minimum atomic E-state index is -1.39. The van der Waals surface area contributed by atoms with Crippen LogP contribution in [0.4, 0.5) is 0 Å². The van der Waals surface area contributed by atoms with E-state index in [9.17, 15) is 19.5 Å². The summed E-state index contributed by atoms with van der Waals surface area (Å²) in [5.74, 6) is -1.98. The van der Waals surface area contributed by atoms with Crippen molar-refractivity contribution in [1.82, 2.24) is 0 Å². The Hall–Kier alpha value is -2.35. The second-order valence-electron chi connectivity index (χ2n) is 10.6. The average Bonchev–Trinajstić information content (AvgIpc) is 3.19. The molecule has 1 heterocycles. The van der Waals surface area contributed by atoms with Crippen molar-refractivity contribution in [2.45, 2.75) is 78.1 Å². The van der Waals surface area contributed by atoms with Crippen LogP contribution in [-0.4, -0.2) is 42.3 Å². The topological polar surface area (TPSA) is 112 Å². The van der Waals surface area contributed by atoms with E-state index in [0.29, 0.717) is 24.2 Å². The van der Waals surface area contributed by atoms with Gasteiger partial charge < -0.3 is 23.7 Å². The van der Waals surface area contributed by atoms with Crippen molar-refractivity contribution in [1.29, 1.82) is 0 Å². The molecule has 0 radical (unpaired) electrons. The molecule has 0 spiro atoms. The van der Waals surface area contributed by atoms with Crippen molar-refractivity contribution >= 4 is 17.9 Å². The Morgan fingerprint density at radius 3 is 2.30 bits per heavy atom. The van der Waals surface area contributed by atoms with Gasteiger partial charge >= 0.3 is 17.9 Å². The number of carbonyl (C=O) groups excluding carboxylic acids is 3. The second-order valence-corrected chi connectivity index (χ2v) is 10.6. The highest BCUT2D eigenvalue weighted by molar-refractivity contribution is 5.77. The number of fused-ring (bicyclic) bond motifs is 4. The van der Waals surface area contributed by atoms with Gasteiger partial charge in [-0.05, 0) is 44.1 Å². The lowest BCUT2D eigenvalue weighted by Gasteiger charge is -2.65. The van der Waals surface area contributed by atoms with Crippen molar-refractivity contribution in [3.8, 4) is 0 Å². The molecule has 0 amide bonds. The van der Waals surface area contributed by atoms with Crippen LogP contribution < -0.4 is 0 Å². The minimum Gasteiger partial charge on any atom is -0.469 e. The third kappa shape index (κ3) is 3.40. The third-order valence-corrected chi connectivity index (χ3v) is 8.70. The maximum Gasteiger partial charge on any atom is 0.311 e. The standard InChI is InChI=1S/C25H34O8/c1-13(26)32-19-18-16(12-17-15(8-11-31-17)25(18,5)29)23(3)9-7-10-24(4,22(28)30-6)21(23)20(19)33-14(2)27/h8,11,16,18-21,29H,7,9-10,12H2,1-6H3/t16-,18-,19+,20-,21+,23+,24+,25+/m0/s1. The van der Waals surface area contributed by atoms with Crippen molar-refractivity contribution in [3.63, 3.8) is 0 Å². The first-order valence-corrected chi connectivity index (χ1v) is 11.6. The molecule has 1 N–H and O–H groups in total. The number of esters is 3. The number of ether oxygens (including phenoxy) is 3. The van der Waals surface area contributed by atoms with Gasteiger partial charge in [-0.3, -0.25) is 14.4 Å². The van der Waals surface area contributed by atoms with Crippen LogP contribution in [-0.2, 0) is 40.6 Å². The molecule has 182 valence electrons. The maximum absolute atomic E-state index is 13.2. The Morgan fingerprint density at radius 2 is 1.70 bits per heavy atom. The highest BCUT2D eigenvalue weighted by Gasteiger charge is 2.70. The SMILES string of the molecule is COC(=O)[C@]1(C)CCC[C@@]2(C)[C@H]1[C@@H](OC(C)=O)[C@H](OC(C)=O)[C@@H]1[C@@H]2Cc2occc2[C@@]1(C)O. The normalized spacial score (nSPS) is 41.7. The highest BCUT2D eigenvalue weighted by Crippen LogP contribution is 2.66. The molecule has 2 fully saturated rings. The summed E-state index contributed by atoms with van der Waals surface area (Å²) in [5, 5.41) is 11.9. The van der Waals surface area contributed by atoms with E-state index in [1.54, 1.807) is 19.3 Å². The summed E-state index contributed by atoms with van der Waals surface area (Å²) in [7, 11) is 1.36. The Bertz CT molecular complexity index is 963. The zero-order valence-electron chi connectivity index (χ0n) is 20.2. The molecule has 2 saturated carbocycles. The monoisotopic (exact) mass is 462 g/mol. The predicted octanol–water partition coefficient (Wildman–Crippen LogP) is 3.14. The van der Waals surface area contributed by atoms with E-state index in [-0.39, 0.29) is 11.9 Å². The Kier molecular flexibility index (Phi) is 5.67. The van der Waals surface area contributed by atoms with E-state index in [4.69, 9.17) is 18.6 Å². The first kappa shape index (κ1) is 23.8. The summed E-state index contributed by atoms with van der Waals surface area (Å²) in [6.07, 6.45) is 2.33. The van der Waals surface area contributed by atoms with Crippen LogP contribution in [0.1, 0.15) is 65.2 Å². The largest absolute Gasteiger partial charge is 0.469 e. The van der Waals surface area contributed by atoms with Gasteiger partial charge in [0.2, 0.25) is 0 Å². The van der Waals surface area contributed by atoms with Crippen LogP contribution in [0, 0.1) is 28.6 Å². The van der Waals surface area contributed by atoms with E-state index in [1.807, 2.05) is 6.92 Å². The zero-order valence-corrected chi connectivity index (χ0v) is 20.2. The van der Waals surface area contributed by atoms with E-state index in [2.05, 4.69) is 6.92 Å². The molecule has 0 aromatic carbocycles. The molecule has 1 aromatic heterocycles. The minimum absolute atomic E-state index is 0.184. The van der Waals surface area contributed by atoms with E-state index in [1.165, 1.54) is 21.0 Å². The lowest BCUT2D eigenvalue weighted by molar-refractivity contribution is -0.264. The molecule has 3 aliphatic carbocycles. The van der Waals surface area contributed by atoms with Gasteiger partial charge in [0.1, 0.15) is 18.0 Å². The van der Waals surface area contributed by atoms with Crippen LogP contribution >= 0.6 is 0 Å². The van der Waals surface area contributed by atoms with E-state index >= 15 is 0 Å². The quantitative estimate of drug-likeness (QED) is 0.539. The third-order valence-electron chi connectivity index (χ3n) is 8.70. The first-order valence-electron chi connectivity index (χ1n) is 11.6. The fraction of sp³-hybridized carbons (Fsp3) is 0.720. The molecule has 3 aliphatic rings. The second kappa shape index (κ2) is 7.86. The molecule has 1 aromatic rings. The smallest absolute Gasteiger partial charge is 0.311 e. The highest BCUT2D eigenvalue weighted by atomic mass is 16.6. The molecule has 4 rings (SSSR count). The number of aliphatic hydroxyl groups is 1. The van der Waals surface area contributed by atoms with Gasteiger partial charge in [0.15, 0.2) is 0 Å². The summed E-state index contributed by atoms with van der Waals surface area (Å²) in [6.45, 7) is 8.25. The van der Waals surface area contributed by atoms with Crippen molar-refractivity contribution < 1.29 is 38.1 Å². The van der Waals surface area contributed by atoms with Gasteiger partial charge in [0, 0.05) is 37.7 Å². The molecule has 0 saturated heterocycles. The predicted molar refractivity (Wildman–Crippen MR) is 116 cm³/mol. The lowest BCUT2D eigenvalue weighted by atomic mass is 9.41. The molecule has 0 unspecified atom stereocenters. The molecule has 8 atom stereocenters. The van der Waals surface area contributed by atoms with Crippen LogP contribution in [0.3, 0.4) is 0 Å². The Labute approximate surface area is 193 Å². The van der Waals surface area contributed by atoms with Crippen LogP contribution in [0.2, 0.25) is 0 Å². The van der Waals surface area contributed by atoms with Gasteiger partial charge in [-0.15, -0.1) is 0 Å². The summed E-state index contributed by atoms with van der Waals surface area (Å²) in [4.78, 5) is 37.7. The number of rotatable bonds is 3. The van der Waals surface area contributed by atoms with Crippen LogP contribution in [0.5, 0.6) is 0 Å². The molecule has 8 heteroatoms. The first-order chi connectivity index (χ1) is 15.4. The number of hydrogen-bond acceptors (Lipinski definition) is 8. The van der Waals surface area contributed by atoms with Crippen molar-refractivity contribution in [3.05, 3.63) is 23.7 Å². The maximum atomic E-state index is 13.2. The van der Waals surface area contributed by atoms with E-state index in [0.717, 1.165) is 12.8 Å². The number of furan rings is 1. The summed E-state index contributed by atoms with van der Waals surface area (Å²) in [5.41, 5.74) is -2.22. The van der Waals surface area contributed by atoms with Gasteiger partial charge in [0.05, 0.1) is 24.4 Å². The Balaban J connectivity index is 1.97. The van der Waals surface area contributed by atoms with Gasteiger partial charge in [-0.1, -0.05) is 13.3 Å². The average molecular weight is 463 g/mol. The summed E-state index contributed by atoms with van der Waals surface area (Å²) in [6, 6.07) is 1.74. The lowest BCUT2D eigenvalue weighted by Crippen LogP contribution is -2.70. The number of methoxy groups -OCH3 is 1. The molecular formula is C25H34O8. The van der Waals surface area contributed by atoms with Gasteiger partial charge in [-0.25, -0.2) is 0 Å². The van der Waals surface area contributed by atoms with Crippen LogP contribution in [0.15, 0.2) is 16.7 Å². The van der Waals surface area contributed by atoms with Gasteiger partial charge in [-0.2, -0.15) is 0 Å². The fourth-order valence-corrected chi connectivity index (χ4v) is 7.58. The van der Waals surface area contributed by atoms with Crippen molar-refractivity contribution in [2.24, 2.45) is 28.6 Å². The molecule has 8 nitrogen and oxygen atoms in total. The molecule has 0 aliphatic heterocycles. The zero-order chi connectivity index (χ0) is 24.3. The number of hydrogen-bond donors (Lipinski definition) is 1. The van der Waals surface area contributed by atoms with Crippen LogP contribution in [0.25, 0.3) is 0 Å². The molecule has 0 bridgehead atoms. The van der Waals surface area contributed by atoms with Crippen molar-refractivity contribution in [2.75, 3.05) is 7.11 Å². The van der Waals surface area contributed by atoms with Gasteiger partial charge in [0.25, 0.3) is 0 Å².